The van der Waals surface area contributed by atoms with E-state index >= 15 is 0 Å². The third-order valence-electron chi connectivity index (χ3n) is 5.22. The molecule has 2 N–H and O–H groups in total. The quantitative estimate of drug-likeness (QED) is 0.881. The molecule has 2 aliphatic heterocycles. The molecule has 0 saturated carbocycles. The number of aliphatic carboxylic acids is 1. The van der Waals surface area contributed by atoms with Crippen LogP contribution in [-0.4, -0.2) is 48.2 Å². The second-order valence-electron chi connectivity index (χ2n) is 6.95. The Hall–Kier alpha value is -2.24. The van der Waals surface area contributed by atoms with Crippen molar-refractivity contribution >= 4 is 23.4 Å². The van der Waals surface area contributed by atoms with Gasteiger partial charge in [0.25, 0.3) is 0 Å². The number of amides is 2. The zero-order valence-corrected chi connectivity index (χ0v) is 14.6. The summed E-state index contributed by atoms with van der Waals surface area (Å²) in [7, 11) is 0. The molecule has 0 atom stereocenters. The van der Waals surface area contributed by atoms with E-state index in [0.29, 0.717) is 25.9 Å². The van der Waals surface area contributed by atoms with Crippen molar-refractivity contribution in [3.05, 3.63) is 24.3 Å². The van der Waals surface area contributed by atoms with E-state index in [4.69, 9.17) is 5.11 Å². The molecule has 2 heterocycles. The first kappa shape index (κ1) is 17.6. The maximum atomic E-state index is 12.6. The highest BCUT2D eigenvalue weighted by molar-refractivity contribution is 5.93. The number of benzene rings is 1. The van der Waals surface area contributed by atoms with E-state index in [1.807, 2.05) is 18.2 Å². The Morgan fingerprint density at radius 2 is 1.60 bits per heavy atom. The average molecular weight is 345 g/mol. The summed E-state index contributed by atoms with van der Waals surface area (Å²) >= 11 is 0. The van der Waals surface area contributed by atoms with Crippen LogP contribution in [0, 0.1) is 5.92 Å². The molecule has 0 aliphatic carbocycles. The Balaban J connectivity index is 1.64. The predicted octanol–water partition coefficient (Wildman–Crippen LogP) is 3.40. The highest BCUT2D eigenvalue weighted by Gasteiger charge is 2.27. The molecule has 0 unspecified atom stereocenters. The summed E-state index contributed by atoms with van der Waals surface area (Å²) < 4.78 is 0. The Morgan fingerprint density at radius 3 is 2.24 bits per heavy atom. The number of carbonyl (C=O) groups excluding carboxylic acids is 1. The third kappa shape index (κ3) is 4.44. The van der Waals surface area contributed by atoms with Crippen LogP contribution in [0.15, 0.2) is 24.3 Å². The molecule has 0 spiro atoms. The van der Waals surface area contributed by atoms with Gasteiger partial charge in [-0.3, -0.25) is 4.79 Å². The molecule has 2 fully saturated rings. The first-order valence-electron chi connectivity index (χ1n) is 9.28. The van der Waals surface area contributed by atoms with Gasteiger partial charge in [-0.1, -0.05) is 25.0 Å². The van der Waals surface area contributed by atoms with E-state index in [1.54, 1.807) is 4.90 Å². The first-order chi connectivity index (χ1) is 12.1. The standard InChI is InChI=1S/C19H27N3O3/c23-18(24)15-9-13-22(14-10-15)19(25)20-16-7-3-4-8-17(16)21-11-5-1-2-6-12-21/h3-4,7-8,15H,1-2,5-6,9-14H2,(H,20,25)(H,23,24). The maximum Gasteiger partial charge on any atom is 0.321 e. The van der Waals surface area contributed by atoms with Crippen LogP contribution < -0.4 is 10.2 Å². The lowest BCUT2D eigenvalue weighted by molar-refractivity contribution is -0.143. The van der Waals surface area contributed by atoms with E-state index in [0.717, 1.165) is 24.5 Å². The minimum Gasteiger partial charge on any atom is -0.481 e. The molecule has 2 amide bonds. The second-order valence-corrected chi connectivity index (χ2v) is 6.95. The molecule has 6 nitrogen and oxygen atoms in total. The van der Waals surface area contributed by atoms with Gasteiger partial charge < -0.3 is 20.2 Å². The number of para-hydroxylation sites is 2. The van der Waals surface area contributed by atoms with Crippen molar-refractivity contribution in [2.24, 2.45) is 5.92 Å². The number of piperidine rings is 1. The number of rotatable bonds is 3. The van der Waals surface area contributed by atoms with Gasteiger partial charge in [-0.2, -0.15) is 0 Å². The molecule has 2 aliphatic rings. The fraction of sp³-hybridized carbons (Fsp3) is 0.579. The van der Waals surface area contributed by atoms with E-state index in [9.17, 15) is 9.59 Å². The average Bonchev–Trinajstić information content (AvgIpc) is 2.91. The van der Waals surface area contributed by atoms with Gasteiger partial charge >= 0.3 is 12.0 Å². The molecule has 0 bridgehead atoms. The Morgan fingerprint density at radius 1 is 0.960 bits per heavy atom. The summed E-state index contributed by atoms with van der Waals surface area (Å²) in [5.41, 5.74) is 1.92. The van der Waals surface area contributed by atoms with Crippen molar-refractivity contribution in [2.75, 3.05) is 36.4 Å². The number of hydrogen-bond donors (Lipinski definition) is 2. The molecule has 6 heteroatoms. The summed E-state index contributed by atoms with van der Waals surface area (Å²) in [5.74, 6) is -1.08. The molecule has 3 rings (SSSR count). The van der Waals surface area contributed by atoms with Crippen molar-refractivity contribution in [3.8, 4) is 0 Å². The fourth-order valence-electron chi connectivity index (χ4n) is 3.69. The van der Waals surface area contributed by atoms with Gasteiger partial charge in [-0.15, -0.1) is 0 Å². The van der Waals surface area contributed by atoms with E-state index in [-0.39, 0.29) is 11.9 Å². The van der Waals surface area contributed by atoms with Crippen LogP contribution in [0.3, 0.4) is 0 Å². The summed E-state index contributed by atoms with van der Waals surface area (Å²) in [6.45, 7) is 3.04. The largest absolute Gasteiger partial charge is 0.481 e. The molecular weight excluding hydrogens is 318 g/mol. The van der Waals surface area contributed by atoms with Gasteiger partial charge in [0.2, 0.25) is 0 Å². The first-order valence-corrected chi connectivity index (χ1v) is 9.28. The monoisotopic (exact) mass is 345 g/mol. The summed E-state index contributed by atoms with van der Waals surface area (Å²) in [5, 5.41) is 12.1. The summed E-state index contributed by atoms with van der Waals surface area (Å²) in [6, 6.07) is 7.83. The minimum atomic E-state index is -0.758. The second kappa shape index (κ2) is 8.23. The van der Waals surface area contributed by atoms with Crippen LogP contribution in [0.4, 0.5) is 16.2 Å². The van der Waals surface area contributed by atoms with E-state index in [2.05, 4.69) is 16.3 Å². The summed E-state index contributed by atoms with van der Waals surface area (Å²) in [6.07, 6.45) is 5.95. The molecule has 1 aromatic rings. The normalized spacial score (nSPS) is 19.4. The van der Waals surface area contributed by atoms with Gasteiger partial charge in [-0.05, 0) is 37.8 Å². The number of likely N-dealkylation sites (tertiary alicyclic amines) is 1. The van der Waals surface area contributed by atoms with Gasteiger partial charge in [0.05, 0.1) is 17.3 Å². The van der Waals surface area contributed by atoms with Crippen LogP contribution >= 0.6 is 0 Å². The topological polar surface area (TPSA) is 72.9 Å². The highest BCUT2D eigenvalue weighted by atomic mass is 16.4. The molecule has 0 radical (unpaired) electrons. The lowest BCUT2D eigenvalue weighted by Gasteiger charge is -2.31. The lowest BCUT2D eigenvalue weighted by atomic mass is 9.97. The van der Waals surface area contributed by atoms with Crippen molar-refractivity contribution in [2.45, 2.75) is 38.5 Å². The number of anilines is 2. The number of carbonyl (C=O) groups is 2. The van der Waals surface area contributed by atoms with Crippen molar-refractivity contribution in [1.29, 1.82) is 0 Å². The molecule has 2 saturated heterocycles. The van der Waals surface area contributed by atoms with Gasteiger partial charge in [-0.25, -0.2) is 4.79 Å². The van der Waals surface area contributed by atoms with Crippen LogP contribution in [-0.2, 0) is 4.79 Å². The number of carboxylic acids is 1. The zero-order chi connectivity index (χ0) is 17.6. The Labute approximate surface area is 148 Å². The number of carboxylic acid groups (broad SMARTS) is 1. The highest BCUT2D eigenvalue weighted by Crippen LogP contribution is 2.28. The lowest BCUT2D eigenvalue weighted by Crippen LogP contribution is -2.42. The fourth-order valence-corrected chi connectivity index (χ4v) is 3.69. The molecule has 136 valence electrons. The number of nitrogens with zero attached hydrogens (tertiary/aromatic N) is 2. The van der Waals surface area contributed by atoms with Crippen molar-refractivity contribution < 1.29 is 14.7 Å². The Kier molecular flexibility index (Phi) is 5.79. The maximum absolute atomic E-state index is 12.6. The zero-order valence-electron chi connectivity index (χ0n) is 14.6. The number of nitrogens with one attached hydrogen (secondary N) is 1. The van der Waals surface area contributed by atoms with Crippen molar-refractivity contribution in [3.63, 3.8) is 0 Å². The van der Waals surface area contributed by atoms with Crippen LogP contribution in [0.1, 0.15) is 38.5 Å². The van der Waals surface area contributed by atoms with Crippen molar-refractivity contribution in [1.82, 2.24) is 4.90 Å². The van der Waals surface area contributed by atoms with Crippen LogP contribution in [0.2, 0.25) is 0 Å². The van der Waals surface area contributed by atoms with Crippen LogP contribution in [0.25, 0.3) is 0 Å². The van der Waals surface area contributed by atoms with Gasteiger partial charge in [0.1, 0.15) is 0 Å². The minimum absolute atomic E-state index is 0.133. The van der Waals surface area contributed by atoms with Crippen LogP contribution in [0.5, 0.6) is 0 Å². The third-order valence-corrected chi connectivity index (χ3v) is 5.22. The smallest absolute Gasteiger partial charge is 0.321 e. The predicted molar refractivity (Wildman–Crippen MR) is 98.1 cm³/mol. The van der Waals surface area contributed by atoms with Gasteiger partial charge in [0.15, 0.2) is 0 Å². The number of hydrogen-bond acceptors (Lipinski definition) is 3. The molecule has 25 heavy (non-hydrogen) atoms. The SMILES string of the molecule is O=C(O)C1CCN(C(=O)Nc2ccccc2N2CCCCCC2)CC1. The Bertz CT molecular complexity index is 604. The molecular formula is C19H27N3O3. The van der Waals surface area contributed by atoms with Gasteiger partial charge in [0, 0.05) is 26.2 Å². The number of urea groups is 1. The molecule has 1 aromatic carbocycles. The van der Waals surface area contributed by atoms with E-state index in [1.165, 1.54) is 25.7 Å². The summed E-state index contributed by atoms with van der Waals surface area (Å²) in [4.78, 5) is 27.7. The molecule has 0 aromatic heterocycles. The van der Waals surface area contributed by atoms with E-state index < -0.39 is 5.97 Å².